The number of hydrogen-bond donors (Lipinski definition) is 0. The van der Waals surface area contributed by atoms with Gasteiger partial charge in [-0.25, -0.2) is 0 Å². The molecule has 1 heterocycles. The molecule has 0 radical (unpaired) electrons. The second kappa shape index (κ2) is 8.38. The molecule has 1 atom stereocenters. The van der Waals surface area contributed by atoms with E-state index in [1.807, 2.05) is 17.6 Å². The lowest BCUT2D eigenvalue weighted by Crippen LogP contribution is -2.15. The van der Waals surface area contributed by atoms with Crippen molar-refractivity contribution in [1.29, 1.82) is 5.26 Å². The summed E-state index contributed by atoms with van der Waals surface area (Å²) in [5.41, 5.74) is 0.711. The Balaban J connectivity index is 2.18. The number of ether oxygens (including phenoxy) is 1. The number of aromatic nitrogens is 3. The third-order valence-corrected chi connectivity index (χ3v) is 4.50. The van der Waals surface area contributed by atoms with E-state index in [-0.39, 0.29) is 5.75 Å². The zero-order chi connectivity index (χ0) is 17.7. The van der Waals surface area contributed by atoms with Gasteiger partial charge in [0.05, 0.1) is 10.8 Å². The van der Waals surface area contributed by atoms with Gasteiger partial charge in [-0.1, -0.05) is 35.0 Å². The van der Waals surface area contributed by atoms with Gasteiger partial charge in [0, 0.05) is 17.1 Å². The van der Waals surface area contributed by atoms with Crippen LogP contribution in [0.4, 0.5) is 0 Å². The maximum Gasteiger partial charge on any atom is 0.317 e. The van der Waals surface area contributed by atoms with E-state index in [1.54, 1.807) is 18.2 Å². The normalized spacial score (nSPS) is 11.8. The number of hydrogen-bond acceptors (Lipinski definition) is 6. The maximum absolute atomic E-state index is 11.7. The Hall–Kier alpha value is -1.75. The second-order valence-electron chi connectivity index (χ2n) is 4.72. The SMILES string of the molecule is CCn1c(SCC(=O)O[C@@H](C)C#N)nnc1-c1ccc(Cl)cc1Cl. The fourth-order valence-corrected chi connectivity index (χ4v) is 3.21. The van der Waals surface area contributed by atoms with Crippen LogP contribution in [-0.2, 0) is 16.1 Å². The quantitative estimate of drug-likeness (QED) is 0.556. The molecule has 6 nitrogen and oxygen atoms in total. The van der Waals surface area contributed by atoms with Crippen LogP contribution in [0.2, 0.25) is 10.0 Å². The molecule has 0 saturated heterocycles. The fourth-order valence-electron chi connectivity index (χ4n) is 1.93. The maximum atomic E-state index is 11.7. The van der Waals surface area contributed by atoms with E-state index in [4.69, 9.17) is 33.2 Å². The molecule has 0 spiro atoms. The first kappa shape index (κ1) is 18.6. The minimum Gasteiger partial charge on any atom is -0.447 e. The Kier molecular flexibility index (Phi) is 6.49. The van der Waals surface area contributed by atoms with Crippen molar-refractivity contribution in [3.63, 3.8) is 0 Å². The number of thioether (sulfide) groups is 1. The van der Waals surface area contributed by atoms with Gasteiger partial charge in [-0.05, 0) is 32.0 Å². The van der Waals surface area contributed by atoms with Crippen LogP contribution in [-0.4, -0.2) is 32.6 Å². The Bertz CT molecular complexity index is 788. The number of rotatable bonds is 6. The van der Waals surface area contributed by atoms with E-state index in [2.05, 4.69) is 10.2 Å². The highest BCUT2D eigenvalue weighted by atomic mass is 35.5. The van der Waals surface area contributed by atoms with Crippen molar-refractivity contribution in [1.82, 2.24) is 14.8 Å². The molecular weight excluding hydrogens is 371 g/mol. The number of carbonyl (C=O) groups excluding carboxylic acids is 1. The van der Waals surface area contributed by atoms with Crippen LogP contribution in [0.3, 0.4) is 0 Å². The Morgan fingerprint density at radius 2 is 2.21 bits per heavy atom. The van der Waals surface area contributed by atoms with Crippen LogP contribution in [0.15, 0.2) is 23.4 Å². The number of halogens is 2. The van der Waals surface area contributed by atoms with Crippen molar-refractivity contribution in [3.05, 3.63) is 28.2 Å². The fraction of sp³-hybridized carbons (Fsp3) is 0.333. The number of nitrogens with zero attached hydrogens (tertiary/aromatic N) is 4. The largest absolute Gasteiger partial charge is 0.447 e. The van der Waals surface area contributed by atoms with Crippen LogP contribution in [0.5, 0.6) is 0 Å². The lowest BCUT2D eigenvalue weighted by Gasteiger charge is -2.09. The van der Waals surface area contributed by atoms with Crippen LogP contribution in [0.25, 0.3) is 11.4 Å². The molecule has 2 rings (SSSR count). The molecule has 0 N–H and O–H groups in total. The van der Waals surface area contributed by atoms with Crippen molar-refractivity contribution in [2.24, 2.45) is 0 Å². The van der Waals surface area contributed by atoms with Gasteiger partial charge in [0.1, 0.15) is 6.07 Å². The van der Waals surface area contributed by atoms with E-state index in [0.29, 0.717) is 33.1 Å². The van der Waals surface area contributed by atoms with E-state index in [0.717, 1.165) is 0 Å². The Morgan fingerprint density at radius 1 is 1.46 bits per heavy atom. The summed E-state index contributed by atoms with van der Waals surface area (Å²) in [6.45, 7) is 4.06. The summed E-state index contributed by atoms with van der Waals surface area (Å²) in [6.07, 6.45) is -0.773. The topological polar surface area (TPSA) is 80.8 Å². The number of carbonyl (C=O) groups is 1. The van der Waals surface area contributed by atoms with Crippen molar-refractivity contribution < 1.29 is 9.53 Å². The van der Waals surface area contributed by atoms with E-state index in [9.17, 15) is 4.79 Å². The molecule has 9 heteroatoms. The molecule has 0 aliphatic carbocycles. The second-order valence-corrected chi connectivity index (χ2v) is 6.51. The minimum absolute atomic E-state index is 0.0402. The summed E-state index contributed by atoms with van der Waals surface area (Å²) < 4.78 is 6.75. The molecule has 0 saturated carbocycles. The monoisotopic (exact) mass is 384 g/mol. The smallest absolute Gasteiger partial charge is 0.317 e. The van der Waals surface area contributed by atoms with Gasteiger partial charge >= 0.3 is 5.97 Å². The van der Waals surface area contributed by atoms with Gasteiger partial charge in [-0.15, -0.1) is 10.2 Å². The highest BCUT2D eigenvalue weighted by Gasteiger charge is 2.17. The van der Waals surface area contributed by atoms with Crippen molar-refractivity contribution in [3.8, 4) is 17.5 Å². The first-order chi connectivity index (χ1) is 11.5. The summed E-state index contributed by atoms with van der Waals surface area (Å²) in [4.78, 5) is 11.7. The van der Waals surface area contributed by atoms with Gasteiger partial charge in [0.2, 0.25) is 0 Å². The van der Waals surface area contributed by atoms with Gasteiger partial charge in [0.15, 0.2) is 17.1 Å². The van der Waals surface area contributed by atoms with Gasteiger partial charge in [-0.3, -0.25) is 4.79 Å². The Morgan fingerprint density at radius 3 is 2.83 bits per heavy atom. The highest BCUT2D eigenvalue weighted by molar-refractivity contribution is 7.99. The van der Waals surface area contributed by atoms with Gasteiger partial charge < -0.3 is 9.30 Å². The van der Waals surface area contributed by atoms with Crippen molar-refractivity contribution in [2.75, 3.05) is 5.75 Å². The third-order valence-electron chi connectivity index (χ3n) is 3.01. The zero-order valence-corrected chi connectivity index (χ0v) is 15.3. The highest BCUT2D eigenvalue weighted by Crippen LogP contribution is 2.31. The molecule has 2 aromatic rings. The Labute approximate surface area is 153 Å². The predicted molar refractivity (Wildman–Crippen MR) is 93.0 cm³/mol. The molecule has 24 heavy (non-hydrogen) atoms. The standard InChI is InChI=1S/C15H14Cl2N4O2S/c1-3-21-14(11-5-4-10(16)6-12(11)17)19-20-15(21)24-8-13(22)23-9(2)7-18/h4-6,9H,3,8H2,1-2H3/t9-/m0/s1. The van der Waals surface area contributed by atoms with E-state index in [1.165, 1.54) is 18.7 Å². The molecule has 0 bridgehead atoms. The van der Waals surface area contributed by atoms with E-state index < -0.39 is 12.1 Å². The average molecular weight is 385 g/mol. The summed E-state index contributed by atoms with van der Waals surface area (Å²) in [5.74, 6) is 0.157. The number of benzene rings is 1. The first-order valence-corrected chi connectivity index (χ1v) is 8.81. The summed E-state index contributed by atoms with van der Waals surface area (Å²) in [5, 5.41) is 18.5. The molecule has 1 aromatic heterocycles. The summed E-state index contributed by atoms with van der Waals surface area (Å²) in [6, 6.07) is 6.98. The first-order valence-electron chi connectivity index (χ1n) is 7.06. The molecule has 0 unspecified atom stereocenters. The number of esters is 1. The summed E-state index contributed by atoms with van der Waals surface area (Å²) >= 11 is 13.3. The average Bonchev–Trinajstić information content (AvgIpc) is 2.95. The predicted octanol–water partition coefficient (Wildman–Crippen LogP) is 3.82. The molecule has 0 fully saturated rings. The summed E-state index contributed by atoms with van der Waals surface area (Å²) in [7, 11) is 0. The van der Waals surface area contributed by atoms with Crippen molar-refractivity contribution >= 4 is 40.9 Å². The van der Waals surface area contributed by atoms with Crippen LogP contribution < -0.4 is 0 Å². The third kappa shape index (κ3) is 4.41. The minimum atomic E-state index is -0.773. The van der Waals surface area contributed by atoms with Gasteiger partial charge in [-0.2, -0.15) is 5.26 Å². The van der Waals surface area contributed by atoms with Crippen LogP contribution in [0.1, 0.15) is 13.8 Å². The van der Waals surface area contributed by atoms with E-state index >= 15 is 0 Å². The van der Waals surface area contributed by atoms with Crippen LogP contribution in [0, 0.1) is 11.3 Å². The molecular formula is C15H14Cl2N4O2S. The van der Waals surface area contributed by atoms with Gasteiger partial charge in [0.25, 0.3) is 0 Å². The lowest BCUT2D eigenvalue weighted by atomic mass is 10.2. The molecule has 126 valence electrons. The van der Waals surface area contributed by atoms with Crippen molar-refractivity contribution in [2.45, 2.75) is 31.7 Å². The molecule has 0 aliphatic rings. The lowest BCUT2D eigenvalue weighted by molar-refractivity contribution is -0.142. The molecule has 1 aromatic carbocycles. The van der Waals surface area contributed by atoms with Crippen LogP contribution >= 0.6 is 35.0 Å². The molecule has 0 amide bonds. The zero-order valence-electron chi connectivity index (χ0n) is 13.0. The molecule has 0 aliphatic heterocycles. The number of nitriles is 1.